The van der Waals surface area contributed by atoms with Crippen LogP contribution < -0.4 is 21.1 Å². The predicted octanol–water partition coefficient (Wildman–Crippen LogP) is 0.676. The van der Waals surface area contributed by atoms with Gasteiger partial charge in [-0.15, -0.1) is 0 Å². The molecule has 1 fully saturated rings. The molecule has 6 heteroatoms. The molecule has 0 unspecified atom stereocenters. The number of nitrogens with two attached hydrogens (primary N) is 1. The lowest BCUT2D eigenvalue weighted by Gasteiger charge is -2.12. The molecule has 1 aliphatic rings. The number of benzene rings is 1. The van der Waals surface area contributed by atoms with E-state index in [1.165, 1.54) is 0 Å². The van der Waals surface area contributed by atoms with E-state index in [0.29, 0.717) is 23.6 Å². The van der Waals surface area contributed by atoms with E-state index < -0.39 is 0 Å². The van der Waals surface area contributed by atoms with Gasteiger partial charge in [0.1, 0.15) is 0 Å². The number of anilines is 1. The molecule has 1 aromatic carbocycles. The Morgan fingerprint density at radius 3 is 2.80 bits per heavy atom. The molecule has 4 N–H and O–H groups in total. The number of carbonyl (C=O) groups excluding carboxylic acids is 2. The zero-order valence-electron chi connectivity index (χ0n) is 11.4. The van der Waals surface area contributed by atoms with Crippen molar-refractivity contribution in [2.24, 2.45) is 0 Å². The summed E-state index contributed by atoms with van der Waals surface area (Å²) in [6.07, 6.45) is 2.03. The molecule has 0 heterocycles. The fourth-order valence-corrected chi connectivity index (χ4v) is 1.80. The summed E-state index contributed by atoms with van der Waals surface area (Å²) in [7, 11) is 0. The maximum absolute atomic E-state index is 12.1. The SMILES string of the molecule is CCOc1c(N)cccc1C(=O)NCC(=O)NC1CC1. The third-order valence-corrected chi connectivity index (χ3v) is 2.93. The largest absolute Gasteiger partial charge is 0.491 e. The number of nitrogen functional groups attached to an aromatic ring is 1. The zero-order chi connectivity index (χ0) is 14.5. The van der Waals surface area contributed by atoms with Crippen LogP contribution in [0.15, 0.2) is 18.2 Å². The Morgan fingerprint density at radius 1 is 1.40 bits per heavy atom. The van der Waals surface area contributed by atoms with Crippen LogP contribution in [0.1, 0.15) is 30.1 Å². The lowest BCUT2D eigenvalue weighted by Crippen LogP contribution is -2.38. The van der Waals surface area contributed by atoms with Gasteiger partial charge >= 0.3 is 0 Å². The summed E-state index contributed by atoms with van der Waals surface area (Å²) in [4.78, 5) is 23.6. The smallest absolute Gasteiger partial charge is 0.255 e. The molecule has 0 aromatic heterocycles. The lowest BCUT2D eigenvalue weighted by molar-refractivity contribution is -0.120. The van der Waals surface area contributed by atoms with Gasteiger partial charge in [0.25, 0.3) is 5.91 Å². The van der Waals surface area contributed by atoms with Crippen molar-refractivity contribution in [1.82, 2.24) is 10.6 Å². The van der Waals surface area contributed by atoms with Crippen molar-refractivity contribution < 1.29 is 14.3 Å². The molecule has 1 aliphatic carbocycles. The van der Waals surface area contributed by atoms with Crippen LogP contribution in [0.4, 0.5) is 5.69 Å². The predicted molar refractivity (Wildman–Crippen MR) is 75.5 cm³/mol. The molecule has 0 saturated heterocycles. The minimum absolute atomic E-state index is 0.0459. The summed E-state index contributed by atoms with van der Waals surface area (Å²) in [5.74, 6) is -0.190. The van der Waals surface area contributed by atoms with Gasteiger partial charge < -0.3 is 21.1 Å². The normalized spacial score (nSPS) is 13.7. The summed E-state index contributed by atoms with van der Waals surface area (Å²) in [6.45, 7) is 2.18. The average Bonchev–Trinajstić information content (AvgIpc) is 3.22. The van der Waals surface area contributed by atoms with E-state index >= 15 is 0 Å². The van der Waals surface area contributed by atoms with E-state index in [1.54, 1.807) is 18.2 Å². The number of para-hydroxylation sites is 1. The number of amides is 2. The highest BCUT2D eigenvalue weighted by molar-refractivity contribution is 6.00. The van der Waals surface area contributed by atoms with Crippen molar-refractivity contribution in [3.8, 4) is 5.75 Å². The summed E-state index contributed by atoms with van der Waals surface area (Å²) < 4.78 is 5.38. The minimum atomic E-state index is -0.369. The lowest BCUT2D eigenvalue weighted by atomic mass is 10.1. The van der Waals surface area contributed by atoms with E-state index in [1.807, 2.05) is 6.92 Å². The van der Waals surface area contributed by atoms with Crippen LogP contribution in [0.5, 0.6) is 5.75 Å². The molecule has 0 bridgehead atoms. The maximum atomic E-state index is 12.1. The van der Waals surface area contributed by atoms with Crippen molar-refractivity contribution in [1.29, 1.82) is 0 Å². The van der Waals surface area contributed by atoms with E-state index in [9.17, 15) is 9.59 Å². The first-order chi connectivity index (χ1) is 9.61. The maximum Gasteiger partial charge on any atom is 0.255 e. The molecule has 108 valence electrons. The quantitative estimate of drug-likeness (QED) is 0.666. The van der Waals surface area contributed by atoms with Crippen LogP contribution in [0.25, 0.3) is 0 Å². The van der Waals surface area contributed by atoms with Gasteiger partial charge in [0.05, 0.1) is 24.4 Å². The monoisotopic (exact) mass is 277 g/mol. The van der Waals surface area contributed by atoms with E-state index in [2.05, 4.69) is 10.6 Å². The van der Waals surface area contributed by atoms with E-state index in [-0.39, 0.29) is 24.4 Å². The molecule has 1 saturated carbocycles. The number of rotatable bonds is 6. The molecule has 1 aromatic rings. The first-order valence-corrected chi connectivity index (χ1v) is 6.70. The van der Waals surface area contributed by atoms with Crippen LogP contribution in [0.3, 0.4) is 0 Å². The second-order valence-corrected chi connectivity index (χ2v) is 4.68. The third kappa shape index (κ3) is 3.63. The Balaban J connectivity index is 1.97. The first-order valence-electron chi connectivity index (χ1n) is 6.70. The Kier molecular flexibility index (Phi) is 4.45. The van der Waals surface area contributed by atoms with Crippen LogP contribution in [0.2, 0.25) is 0 Å². The topological polar surface area (TPSA) is 93.4 Å². The Hall–Kier alpha value is -2.24. The summed E-state index contributed by atoms with van der Waals surface area (Å²) in [6, 6.07) is 5.25. The van der Waals surface area contributed by atoms with Gasteiger partial charge in [-0.3, -0.25) is 9.59 Å². The number of ether oxygens (including phenoxy) is 1. The van der Waals surface area contributed by atoms with Crippen molar-refractivity contribution in [2.45, 2.75) is 25.8 Å². The van der Waals surface area contributed by atoms with Gasteiger partial charge in [-0.1, -0.05) is 6.07 Å². The fraction of sp³-hybridized carbons (Fsp3) is 0.429. The van der Waals surface area contributed by atoms with Gasteiger partial charge in [-0.25, -0.2) is 0 Å². The first kappa shape index (κ1) is 14.2. The Bertz CT molecular complexity index is 512. The highest BCUT2D eigenvalue weighted by Gasteiger charge is 2.23. The summed E-state index contributed by atoms with van der Waals surface area (Å²) in [5, 5.41) is 5.37. The second-order valence-electron chi connectivity index (χ2n) is 4.68. The fourth-order valence-electron chi connectivity index (χ4n) is 1.80. The molecular weight excluding hydrogens is 258 g/mol. The van der Waals surface area contributed by atoms with E-state index in [0.717, 1.165) is 12.8 Å². The zero-order valence-corrected chi connectivity index (χ0v) is 11.4. The Labute approximate surface area is 117 Å². The van der Waals surface area contributed by atoms with Crippen LogP contribution in [-0.4, -0.2) is 31.0 Å². The Morgan fingerprint density at radius 2 is 2.15 bits per heavy atom. The summed E-state index contributed by atoms with van der Waals surface area (Å²) >= 11 is 0. The minimum Gasteiger partial charge on any atom is -0.491 e. The van der Waals surface area contributed by atoms with E-state index in [4.69, 9.17) is 10.5 Å². The molecule has 0 aliphatic heterocycles. The van der Waals surface area contributed by atoms with Gasteiger partial charge in [-0.05, 0) is 31.9 Å². The standard InChI is InChI=1S/C14H19N3O3/c1-2-20-13-10(4-3-5-11(13)15)14(19)16-8-12(18)17-9-6-7-9/h3-5,9H,2,6-8,15H2,1H3,(H,16,19)(H,17,18). The van der Waals surface area contributed by atoms with Crippen LogP contribution in [-0.2, 0) is 4.79 Å². The summed E-state index contributed by atoms with van der Waals surface area (Å²) in [5.41, 5.74) is 6.53. The van der Waals surface area contributed by atoms with Gasteiger partial charge in [0, 0.05) is 6.04 Å². The number of carbonyl (C=O) groups is 2. The van der Waals surface area contributed by atoms with Gasteiger partial charge in [0.15, 0.2) is 5.75 Å². The third-order valence-electron chi connectivity index (χ3n) is 2.93. The highest BCUT2D eigenvalue weighted by atomic mass is 16.5. The van der Waals surface area contributed by atoms with Crippen molar-refractivity contribution in [2.75, 3.05) is 18.9 Å². The van der Waals surface area contributed by atoms with Crippen LogP contribution >= 0.6 is 0 Å². The molecule has 0 radical (unpaired) electrons. The highest BCUT2D eigenvalue weighted by Crippen LogP contribution is 2.26. The molecule has 2 amide bonds. The van der Waals surface area contributed by atoms with Crippen LogP contribution in [0, 0.1) is 0 Å². The molecular formula is C14H19N3O3. The molecule has 6 nitrogen and oxygen atoms in total. The molecule has 2 rings (SSSR count). The molecule has 0 spiro atoms. The molecule has 0 atom stereocenters. The number of hydrogen-bond acceptors (Lipinski definition) is 4. The average molecular weight is 277 g/mol. The van der Waals surface area contributed by atoms with Crippen molar-refractivity contribution in [3.05, 3.63) is 23.8 Å². The number of nitrogens with one attached hydrogen (secondary N) is 2. The second kappa shape index (κ2) is 6.27. The molecule has 20 heavy (non-hydrogen) atoms. The van der Waals surface area contributed by atoms with Gasteiger partial charge in [0.2, 0.25) is 5.91 Å². The number of hydrogen-bond donors (Lipinski definition) is 3. The van der Waals surface area contributed by atoms with Gasteiger partial charge in [-0.2, -0.15) is 0 Å². The van der Waals surface area contributed by atoms with Crippen molar-refractivity contribution >= 4 is 17.5 Å². The van der Waals surface area contributed by atoms with Crippen molar-refractivity contribution in [3.63, 3.8) is 0 Å².